The van der Waals surface area contributed by atoms with E-state index in [1.54, 1.807) is 24.3 Å². The Morgan fingerprint density at radius 1 is 1.30 bits per heavy atom. The average molecular weight is 292 g/mol. The molecule has 0 atom stereocenters. The first-order valence-electron chi connectivity index (χ1n) is 5.70. The lowest BCUT2D eigenvalue weighted by Gasteiger charge is -2.08. The zero-order chi connectivity index (χ0) is 14.7. The van der Waals surface area contributed by atoms with Crippen molar-refractivity contribution in [3.8, 4) is 11.5 Å². The van der Waals surface area contributed by atoms with Gasteiger partial charge in [0.05, 0.1) is 7.11 Å². The van der Waals surface area contributed by atoms with E-state index in [2.05, 4.69) is 10.6 Å². The van der Waals surface area contributed by atoms with Crippen LogP contribution in [0.4, 0.5) is 0 Å². The fourth-order valence-electron chi connectivity index (χ4n) is 1.66. The van der Waals surface area contributed by atoms with Crippen LogP contribution >= 0.6 is 12.2 Å². The second-order valence-corrected chi connectivity index (χ2v) is 4.38. The number of thiocarbonyl (C=S) groups is 1. The first-order valence-corrected chi connectivity index (χ1v) is 6.11. The molecule has 1 fully saturated rings. The van der Waals surface area contributed by atoms with E-state index < -0.39 is 5.97 Å². The molecule has 7 heteroatoms. The van der Waals surface area contributed by atoms with Gasteiger partial charge in [-0.15, -0.1) is 0 Å². The molecule has 1 aliphatic rings. The number of hydrogen-bond donors (Lipinski definition) is 2. The molecule has 0 spiro atoms. The van der Waals surface area contributed by atoms with Crippen LogP contribution in [-0.2, 0) is 9.59 Å². The number of amides is 1. The lowest BCUT2D eigenvalue weighted by atomic mass is 10.1. The molecule has 2 rings (SSSR count). The molecule has 20 heavy (non-hydrogen) atoms. The smallest absolute Gasteiger partial charge is 0.308 e. The summed E-state index contributed by atoms with van der Waals surface area (Å²) in [6.45, 7) is 1.31. The van der Waals surface area contributed by atoms with Crippen molar-refractivity contribution in [3.63, 3.8) is 0 Å². The maximum absolute atomic E-state index is 11.5. The molecule has 2 N–H and O–H groups in total. The van der Waals surface area contributed by atoms with Gasteiger partial charge in [-0.3, -0.25) is 14.9 Å². The molecule has 1 aliphatic heterocycles. The number of nitrogens with one attached hydrogen (secondary N) is 2. The van der Waals surface area contributed by atoms with Gasteiger partial charge in [0.25, 0.3) is 5.91 Å². The molecule has 0 unspecified atom stereocenters. The first-order chi connectivity index (χ1) is 9.49. The third kappa shape index (κ3) is 3.12. The fourth-order valence-corrected chi connectivity index (χ4v) is 1.86. The summed E-state index contributed by atoms with van der Waals surface area (Å²) in [5.74, 6) is -0.00773. The van der Waals surface area contributed by atoms with Gasteiger partial charge in [0.2, 0.25) is 0 Å². The zero-order valence-corrected chi connectivity index (χ0v) is 11.7. The molecular weight excluding hydrogens is 280 g/mol. The summed E-state index contributed by atoms with van der Waals surface area (Å²) < 4.78 is 10.1. The number of hydrogen-bond acceptors (Lipinski definition) is 5. The summed E-state index contributed by atoms with van der Waals surface area (Å²) in [7, 11) is 1.47. The van der Waals surface area contributed by atoms with Crippen LogP contribution in [0.2, 0.25) is 0 Å². The van der Waals surface area contributed by atoms with Gasteiger partial charge in [-0.2, -0.15) is 0 Å². The number of esters is 1. The van der Waals surface area contributed by atoms with Crippen molar-refractivity contribution in [2.24, 2.45) is 0 Å². The molecule has 0 radical (unpaired) electrons. The van der Waals surface area contributed by atoms with Crippen molar-refractivity contribution in [3.05, 3.63) is 29.5 Å². The maximum Gasteiger partial charge on any atom is 0.308 e. The summed E-state index contributed by atoms with van der Waals surface area (Å²) in [6.07, 6.45) is 1.62. The standard InChI is InChI=1S/C13H12N2O4S/c1-7(16)19-10-4-3-8(6-11(10)18-2)5-9-12(17)15-13(20)14-9/h3-6H,1-2H3,(H2,14,15,17,20)/b9-5+. The number of benzene rings is 1. The number of methoxy groups -OCH3 is 1. The van der Waals surface area contributed by atoms with E-state index in [-0.39, 0.29) is 11.0 Å². The lowest BCUT2D eigenvalue weighted by molar-refractivity contribution is -0.132. The molecule has 1 saturated heterocycles. The number of carbonyl (C=O) groups excluding carboxylic acids is 2. The highest BCUT2D eigenvalue weighted by molar-refractivity contribution is 7.80. The molecule has 1 heterocycles. The minimum Gasteiger partial charge on any atom is -0.493 e. The van der Waals surface area contributed by atoms with Crippen molar-refractivity contribution in [1.82, 2.24) is 10.6 Å². The highest BCUT2D eigenvalue weighted by atomic mass is 32.1. The third-order valence-corrected chi connectivity index (χ3v) is 2.68. The van der Waals surface area contributed by atoms with Crippen molar-refractivity contribution < 1.29 is 19.1 Å². The minimum absolute atomic E-state index is 0.268. The molecule has 0 bridgehead atoms. The second kappa shape index (κ2) is 5.70. The molecule has 104 valence electrons. The van der Waals surface area contributed by atoms with Gasteiger partial charge in [0, 0.05) is 6.92 Å². The normalized spacial score (nSPS) is 15.8. The average Bonchev–Trinajstić information content (AvgIpc) is 2.69. The summed E-state index contributed by atoms with van der Waals surface area (Å²) in [6, 6.07) is 4.95. The Balaban J connectivity index is 2.30. The topological polar surface area (TPSA) is 76.7 Å². The Morgan fingerprint density at radius 2 is 2.05 bits per heavy atom. The van der Waals surface area contributed by atoms with Crippen LogP contribution in [-0.4, -0.2) is 24.1 Å². The number of carbonyl (C=O) groups is 2. The van der Waals surface area contributed by atoms with E-state index in [0.717, 1.165) is 0 Å². The Kier molecular flexibility index (Phi) is 3.99. The van der Waals surface area contributed by atoms with Gasteiger partial charge in [-0.05, 0) is 36.0 Å². The quantitative estimate of drug-likeness (QED) is 0.374. The molecule has 0 saturated carbocycles. The minimum atomic E-state index is -0.434. The molecule has 1 aromatic carbocycles. The van der Waals surface area contributed by atoms with Crippen LogP contribution < -0.4 is 20.1 Å². The monoisotopic (exact) mass is 292 g/mol. The Labute approximate surface area is 120 Å². The summed E-state index contributed by atoms with van der Waals surface area (Å²) in [5.41, 5.74) is 1.05. The van der Waals surface area contributed by atoms with Crippen LogP contribution in [0.25, 0.3) is 6.08 Å². The van der Waals surface area contributed by atoms with Crippen molar-refractivity contribution in [2.75, 3.05) is 7.11 Å². The summed E-state index contributed by atoms with van der Waals surface area (Å²) in [4.78, 5) is 22.5. The highest BCUT2D eigenvalue weighted by Gasteiger charge is 2.20. The first kappa shape index (κ1) is 14.0. The molecule has 1 aromatic rings. The maximum atomic E-state index is 11.5. The van der Waals surface area contributed by atoms with Crippen LogP contribution in [0.5, 0.6) is 11.5 Å². The summed E-state index contributed by atoms with van der Waals surface area (Å²) in [5, 5.41) is 5.48. The van der Waals surface area contributed by atoms with Crippen molar-refractivity contribution in [2.45, 2.75) is 6.92 Å². The van der Waals surface area contributed by atoms with E-state index in [4.69, 9.17) is 21.7 Å². The summed E-state index contributed by atoms with van der Waals surface area (Å²) >= 11 is 4.84. The van der Waals surface area contributed by atoms with Gasteiger partial charge >= 0.3 is 5.97 Å². The van der Waals surface area contributed by atoms with Crippen molar-refractivity contribution >= 4 is 35.3 Å². The predicted octanol–water partition coefficient (Wildman–Crippen LogP) is 0.966. The highest BCUT2D eigenvalue weighted by Crippen LogP contribution is 2.29. The van der Waals surface area contributed by atoms with E-state index in [9.17, 15) is 9.59 Å². The number of rotatable bonds is 3. The molecule has 0 aliphatic carbocycles. The van der Waals surface area contributed by atoms with Crippen LogP contribution in [0, 0.1) is 0 Å². The van der Waals surface area contributed by atoms with E-state index >= 15 is 0 Å². The van der Waals surface area contributed by atoms with E-state index in [1.807, 2.05) is 0 Å². The van der Waals surface area contributed by atoms with Crippen LogP contribution in [0.15, 0.2) is 23.9 Å². The molecule has 6 nitrogen and oxygen atoms in total. The predicted molar refractivity (Wildman–Crippen MR) is 76.2 cm³/mol. The van der Waals surface area contributed by atoms with Gasteiger partial charge in [-0.25, -0.2) is 0 Å². The van der Waals surface area contributed by atoms with E-state index in [1.165, 1.54) is 14.0 Å². The third-order valence-electron chi connectivity index (χ3n) is 2.47. The molecule has 1 amide bonds. The molecular formula is C13H12N2O4S. The SMILES string of the molecule is COc1cc(/C=C2/NC(=S)NC2=O)ccc1OC(C)=O. The lowest BCUT2D eigenvalue weighted by Crippen LogP contribution is -2.21. The zero-order valence-electron chi connectivity index (χ0n) is 10.9. The van der Waals surface area contributed by atoms with Gasteiger partial charge in [0.1, 0.15) is 5.70 Å². The van der Waals surface area contributed by atoms with Crippen LogP contribution in [0.1, 0.15) is 12.5 Å². The fraction of sp³-hybridized carbons (Fsp3) is 0.154. The van der Waals surface area contributed by atoms with Crippen LogP contribution in [0.3, 0.4) is 0 Å². The van der Waals surface area contributed by atoms with E-state index in [0.29, 0.717) is 22.8 Å². The van der Waals surface area contributed by atoms with Gasteiger partial charge in [0.15, 0.2) is 16.6 Å². The molecule has 0 aromatic heterocycles. The Bertz CT molecular complexity index is 625. The largest absolute Gasteiger partial charge is 0.493 e. The van der Waals surface area contributed by atoms with Gasteiger partial charge < -0.3 is 14.8 Å². The Morgan fingerprint density at radius 3 is 2.60 bits per heavy atom. The second-order valence-electron chi connectivity index (χ2n) is 3.97. The Hall–Kier alpha value is -2.41. The number of ether oxygens (including phenoxy) is 2. The van der Waals surface area contributed by atoms with Gasteiger partial charge in [-0.1, -0.05) is 6.07 Å². The van der Waals surface area contributed by atoms with Crippen molar-refractivity contribution in [1.29, 1.82) is 0 Å².